The van der Waals surface area contributed by atoms with Crippen molar-refractivity contribution in [2.45, 2.75) is 33.7 Å². The zero-order valence-electron chi connectivity index (χ0n) is 12.2. The van der Waals surface area contributed by atoms with Gasteiger partial charge >= 0.3 is 0 Å². The maximum Gasteiger partial charge on any atom is 0.239 e. The van der Waals surface area contributed by atoms with Crippen molar-refractivity contribution in [2.24, 2.45) is 17.6 Å². The van der Waals surface area contributed by atoms with E-state index in [1.54, 1.807) is 0 Å². The number of likely N-dealkylation sites (N-methyl/N-ethyl adjacent to an activating group) is 1. The van der Waals surface area contributed by atoms with E-state index in [4.69, 9.17) is 5.73 Å². The van der Waals surface area contributed by atoms with Crippen LogP contribution in [0.4, 0.5) is 0 Å². The third-order valence-electron chi connectivity index (χ3n) is 2.72. The van der Waals surface area contributed by atoms with Crippen molar-refractivity contribution < 1.29 is 4.79 Å². The molecule has 2 N–H and O–H groups in total. The van der Waals surface area contributed by atoms with Crippen molar-refractivity contribution >= 4 is 5.91 Å². The largest absolute Gasteiger partial charge is 0.340 e. The third-order valence-corrected chi connectivity index (χ3v) is 2.72. The summed E-state index contributed by atoms with van der Waals surface area (Å²) in [5, 5.41) is 0. The van der Waals surface area contributed by atoms with Crippen LogP contribution in [0, 0.1) is 11.8 Å². The molecule has 0 bridgehead atoms. The Kier molecular flexibility index (Phi) is 7.39. The summed E-state index contributed by atoms with van der Waals surface area (Å²) in [5.74, 6) is 0.743. The van der Waals surface area contributed by atoms with Gasteiger partial charge in [0.05, 0.1) is 6.04 Å². The van der Waals surface area contributed by atoms with Crippen LogP contribution in [0.3, 0.4) is 0 Å². The van der Waals surface area contributed by atoms with Gasteiger partial charge in [0.1, 0.15) is 0 Å². The van der Waals surface area contributed by atoms with E-state index in [1.807, 2.05) is 32.8 Å². The Morgan fingerprint density at radius 2 is 1.65 bits per heavy atom. The number of nitrogens with zero attached hydrogens (tertiary/aromatic N) is 2. The summed E-state index contributed by atoms with van der Waals surface area (Å²) < 4.78 is 0. The van der Waals surface area contributed by atoms with Crippen molar-refractivity contribution in [3.8, 4) is 0 Å². The van der Waals surface area contributed by atoms with Gasteiger partial charge in [0.15, 0.2) is 0 Å². The van der Waals surface area contributed by atoms with E-state index in [0.717, 1.165) is 19.6 Å². The lowest BCUT2D eigenvalue weighted by Crippen LogP contribution is -2.49. The fraction of sp³-hybridized carbons (Fsp3) is 0.923. The zero-order chi connectivity index (χ0) is 13.6. The smallest absolute Gasteiger partial charge is 0.239 e. The maximum atomic E-state index is 12.2. The fourth-order valence-electron chi connectivity index (χ4n) is 1.55. The van der Waals surface area contributed by atoms with Crippen molar-refractivity contribution in [2.75, 3.05) is 33.7 Å². The minimum absolute atomic E-state index is 0.0792. The van der Waals surface area contributed by atoms with Crippen molar-refractivity contribution in [3.05, 3.63) is 0 Å². The summed E-state index contributed by atoms with van der Waals surface area (Å²) in [7, 11) is 4.03. The van der Waals surface area contributed by atoms with Crippen LogP contribution in [0.25, 0.3) is 0 Å². The summed E-state index contributed by atoms with van der Waals surface area (Å²) in [6.45, 7) is 10.6. The van der Waals surface area contributed by atoms with E-state index in [2.05, 4.69) is 18.7 Å². The van der Waals surface area contributed by atoms with Gasteiger partial charge in [0.2, 0.25) is 5.91 Å². The number of nitrogens with two attached hydrogens (primary N) is 1. The fourth-order valence-corrected chi connectivity index (χ4v) is 1.55. The third kappa shape index (κ3) is 6.64. The van der Waals surface area contributed by atoms with Crippen LogP contribution in [0.2, 0.25) is 0 Å². The molecule has 102 valence electrons. The molecule has 0 aromatic carbocycles. The van der Waals surface area contributed by atoms with Crippen LogP contribution in [0.15, 0.2) is 0 Å². The van der Waals surface area contributed by atoms with Crippen molar-refractivity contribution in [1.29, 1.82) is 0 Å². The summed E-state index contributed by atoms with van der Waals surface area (Å²) in [4.78, 5) is 16.2. The van der Waals surface area contributed by atoms with E-state index >= 15 is 0 Å². The van der Waals surface area contributed by atoms with Crippen LogP contribution in [0.1, 0.15) is 27.7 Å². The molecule has 0 spiro atoms. The summed E-state index contributed by atoms with van der Waals surface area (Å²) in [6.07, 6.45) is 0. The SMILES string of the molecule is CC(C)CN(CCN(C)C)C(=O)[C@H](N)C(C)C. The average Bonchev–Trinajstić information content (AvgIpc) is 2.21. The Morgan fingerprint density at radius 1 is 1.12 bits per heavy atom. The van der Waals surface area contributed by atoms with Crippen molar-refractivity contribution in [1.82, 2.24) is 9.80 Å². The number of rotatable bonds is 7. The first-order valence-corrected chi connectivity index (χ1v) is 6.44. The number of hydrogen-bond acceptors (Lipinski definition) is 3. The van der Waals surface area contributed by atoms with Gasteiger partial charge in [-0.25, -0.2) is 0 Å². The predicted molar refractivity (Wildman–Crippen MR) is 72.8 cm³/mol. The molecule has 0 fully saturated rings. The highest BCUT2D eigenvalue weighted by molar-refractivity contribution is 5.81. The van der Waals surface area contributed by atoms with E-state index in [9.17, 15) is 4.79 Å². The van der Waals surface area contributed by atoms with E-state index in [-0.39, 0.29) is 17.9 Å². The summed E-state index contributed by atoms with van der Waals surface area (Å²) in [5.41, 5.74) is 5.94. The molecular formula is C13H29N3O. The quantitative estimate of drug-likeness (QED) is 0.726. The number of hydrogen-bond donors (Lipinski definition) is 1. The Morgan fingerprint density at radius 3 is 2.00 bits per heavy atom. The molecule has 0 radical (unpaired) electrons. The molecular weight excluding hydrogens is 214 g/mol. The van der Waals surface area contributed by atoms with Gasteiger partial charge < -0.3 is 15.5 Å². The lowest BCUT2D eigenvalue weighted by molar-refractivity contribution is -0.134. The normalized spacial score (nSPS) is 13.5. The molecule has 0 heterocycles. The lowest BCUT2D eigenvalue weighted by atomic mass is 10.0. The van der Waals surface area contributed by atoms with Gasteiger partial charge in [0.25, 0.3) is 0 Å². The predicted octanol–water partition coefficient (Wildman–Crippen LogP) is 1.02. The molecule has 1 amide bonds. The molecule has 0 rings (SSSR count). The molecule has 0 unspecified atom stereocenters. The molecule has 0 saturated carbocycles. The highest BCUT2D eigenvalue weighted by Gasteiger charge is 2.23. The Labute approximate surface area is 106 Å². The van der Waals surface area contributed by atoms with Crippen LogP contribution < -0.4 is 5.73 Å². The number of amides is 1. The number of carbonyl (C=O) groups excluding carboxylic acids is 1. The molecule has 4 nitrogen and oxygen atoms in total. The van der Waals surface area contributed by atoms with E-state index in [1.165, 1.54) is 0 Å². The average molecular weight is 243 g/mol. The molecule has 0 aromatic rings. The summed E-state index contributed by atoms with van der Waals surface area (Å²) in [6, 6.07) is -0.379. The summed E-state index contributed by atoms with van der Waals surface area (Å²) >= 11 is 0. The first-order chi connectivity index (χ1) is 7.75. The standard InChI is InChI=1S/C13H29N3O/c1-10(2)9-16(8-7-15(5)6)13(17)12(14)11(3)4/h10-12H,7-9,14H2,1-6H3/t12-/m1/s1. The zero-order valence-corrected chi connectivity index (χ0v) is 12.2. The highest BCUT2D eigenvalue weighted by atomic mass is 16.2. The van der Waals surface area contributed by atoms with E-state index < -0.39 is 0 Å². The molecule has 0 aromatic heterocycles. The van der Waals surface area contributed by atoms with Gasteiger partial charge in [0, 0.05) is 19.6 Å². The monoisotopic (exact) mass is 243 g/mol. The van der Waals surface area contributed by atoms with Crippen molar-refractivity contribution in [3.63, 3.8) is 0 Å². The Hall–Kier alpha value is -0.610. The first kappa shape index (κ1) is 16.4. The topological polar surface area (TPSA) is 49.6 Å². The van der Waals surface area contributed by atoms with Gasteiger partial charge in [-0.05, 0) is 25.9 Å². The highest BCUT2D eigenvalue weighted by Crippen LogP contribution is 2.06. The molecule has 17 heavy (non-hydrogen) atoms. The first-order valence-electron chi connectivity index (χ1n) is 6.44. The molecule has 4 heteroatoms. The van der Waals surface area contributed by atoms with Gasteiger partial charge in [-0.1, -0.05) is 27.7 Å². The molecule has 0 aliphatic carbocycles. The van der Waals surface area contributed by atoms with Gasteiger partial charge in [-0.2, -0.15) is 0 Å². The Balaban J connectivity index is 4.50. The van der Waals surface area contributed by atoms with Crippen LogP contribution in [-0.4, -0.2) is 55.5 Å². The molecule has 0 aliphatic rings. The minimum atomic E-state index is -0.379. The second kappa shape index (κ2) is 7.67. The second-order valence-electron chi connectivity index (χ2n) is 5.75. The maximum absolute atomic E-state index is 12.2. The lowest BCUT2D eigenvalue weighted by Gasteiger charge is -2.29. The minimum Gasteiger partial charge on any atom is -0.340 e. The van der Waals surface area contributed by atoms with E-state index in [0.29, 0.717) is 5.92 Å². The Bertz CT molecular complexity index is 227. The number of carbonyl (C=O) groups is 1. The molecule has 1 atom stereocenters. The van der Waals surface area contributed by atoms with Crippen LogP contribution in [0.5, 0.6) is 0 Å². The second-order valence-corrected chi connectivity index (χ2v) is 5.75. The van der Waals surface area contributed by atoms with Crippen LogP contribution in [-0.2, 0) is 4.79 Å². The van der Waals surface area contributed by atoms with Crippen LogP contribution >= 0.6 is 0 Å². The van der Waals surface area contributed by atoms with Gasteiger partial charge in [-0.3, -0.25) is 4.79 Å². The molecule has 0 saturated heterocycles. The molecule has 0 aliphatic heterocycles. The van der Waals surface area contributed by atoms with Gasteiger partial charge in [-0.15, -0.1) is 0 Å².